The maximum absolute atomic E-state index is 5.85. The van der Waals surface area contributed by atoms with Crippen molar-refractivity contribution in [2.75, 3.05) is 13.2 Å². The summed E-state index contributed by atoms with van der Waals surface area (Å²) in [6.45, 7) is 8.15. The third-order valence-corrected chi connectivity index (χ3v) is 2.98. The van der Waals surface area contributed by atoms with Crippen LogP contribution < -0.4 is 5.32 Å². The number of ether oxygens (including phenoxy) is 1. The molecule has 1 aromatic carbocycles. The molecule has 0 aliphatic carbocycles. The Bertz CT molecular complexity index is 346. The van der Waals surface area contributed by atoms with Crippen LogP contribution in [0.5, 0.6) is 0 Å². The van der Waals surface area contributed by atoms with Crippen molar-refractivity contribution in [3.05, 3.63) is 34.9 Å². The van der Waals surface area contributed by atoms with Crippen LogP contribution in [0.1, 0.15) is 29.7 Å². The molecule has 90 valence electrons. The quantitative estimate of drug-likeness (QED) is 0.817. The minimum absolute atomic E-state index is 0. The lowest BCUT2D eigenvalue weighted by molar-refractivity contribution is 0.00659. The lowest BCUT2D eigenvalue weighted by Crippen LogP contribution is -2.40. The zero-order valence-corrected chi connectivity index (χ0v) is 10.9. The smallest absolute Gasteiger partial charge is 0.0952 e. The number of morpholine rings is 1. The Morgan fingerprint density at radius 2 is 2.06 bits per heavy atom. The molecular formula is C13H20ClNO. The van der Waals surface area contributed by atoms with E-state index < -0.39 is 0 Å². The van der Waals surface area contributed by atoms with Gasteiger partial charge >= 0.3 is 0 Å². The van der Waals surface area contributed by atoms with Crippen molar-refractivity contribution in [3.63, 3.8) is 0 Å². The number of nitrogens with one attached hydrogen (secondary N) is 1. The number of rotatable bonds is 1. The number of halogens is 1. The van der Waals surface area contributed by atoms with Gasteiger partial charge in [-0.3, -0.25) is 0 Å². The fraction of sp³-hybridized carbons (Fsp3) is 0.538. The monoisotopic (exact) mass is 241 g/mol. The van der Waals surface area contributed by atoms with Gasteiger partial charge in [-0.1, -0.05) is 23.8 Å². The molecule has 2 rings (SSSR count). The second kappa shape index (κ2) is 5.67. The fourth-order valence-electron chi connectivity index (χ4n) is 1.99. The van der Waals surface area contributed by atoms with Crippen LogP contribution in [0.25, 0.3) is 0 Å². The zero-order chi connectivity index (χ0) is 10.8. The van der Waals surface area contributed by atoms with Gasteiger partial charge in [0.1, 0.15) is 0 Å². The van der Waals surface area contributed by atoms with Gasteiger partial charge in [0.15, 0.2) is 0 Å². The van der Waals surface area contributed by atoms with Crippen molar-refractivity contribution < 1.29 is 4.74 Å². The van der Waals surface area contributed by atoms with Gasteiger partial charge in [0.2, 0.25) is 0 Å². The Hall–Kier alpha value is -0.570. The van der Waals surface area contributed by atoms with Crippen LogP contribution in [0.2, 0.25) is 0 Å². The van der Waals surface area contributed by atoms with E-state index in [9.17, 15) is 0 Å². The van der Waals surface area contributed by atoms with Crippen molar-refractivity contribution in [1.29, 1.82) is 0 Å². The Morgan fingerprint density at radius 3 is 2.69 bits per heavy atom. The van der Waals surface area contributed by atoms with Gasteiger partial charge in [-0.15, -0.1) is 12.4 Å². The van der Waals surface area contributed by atoms with Crippen molar-refractivity contribution in [3.8, 4) is 0 Å². The summed E-state index contributed by atoms with van der Waals surface area (Å²) in [5.74, 6) is 0. The van der Waals surface area contributed by atoms with E-state index in [1.807, 2.05) is 0 Å². The van der Waals surface area contributed by atoms with Crippen molar-refractivity contribution in [2.45, 2.75) is 32.9 Å². The predicted molar refractivity (Wildman–Crippen MR) is 69.3 cm³/mol. The van der Waals surface area contributed by atoms with E-state index in [4.69, 9.17) is 4.74 Å². The average molecular weight is 242 g/mol. The molecule has 2 unspecified atom stereocenters. The van der Waals surface area contributed by atoms with Crippen LogP contribution >= 0.6 is 12.4 Å². The molecule has 1 aliphatic heterocycles. The van der Waals surface area contributed by atoms with Crippen LogP contribution in [0.3, 0.4) is 0 Å². The highest BCUT2D eigenvalue weighted by molar-refractivity contribution is 5.85. The van der Waals surface area contributed by atoms with Crippen LogP contribution in [-0.2, 0) is 4.74 Å². The molecular weight excluding hydrogens is 222 g/mol. The molecule has 0 bridgehead atoms. The Morgan fingerprint density at radius 1 is 1.31 bits per heavy atom. The van der Waals surface area contributed by atoms with E-state index >= 15 is 0 Å². The molecule has 2 atom stereocenters. The molecule has 1 N–H and O–H groups in total. The molecule has 0 amide bonds. The SMILES string of the molecule is Cc1ccc(C)c(C2CNC(C)CO2)c1.Cl. The topological polar surface area (TPSA) is 21.3 Å². The van der Waals surface area contributed by atoms with Gasteiger partial charge in [0.05, 0.1) is 12.7 Å². The van der Waals surface area contributed by atoms with Crippen molar-refractivity contribution >= 4 is 12.4 Å². The molecule has 0 aromatic heterocycles. The highest BCUT2D eigenvalue weighted by Crippen LogP contribution is 2.24. The first kappa shape index (κ1) is 13.5. The summed E-state index contributed by atoms with van der Waals surface area (Å²) in [7, 11) is 0. The molecule has 0 spiro atoms. The predicted octanol–water partition coefficient (Wildman–Crippen LogP) is 2.77. The standard InChI is InChI=1S/C13H19NO.ClH/c1-9-4-5-10(2)12(6-9)13-7-14-11(3)8-15-13;/h4-6,11,13-14H,7-8H2,1-3H3;1H. The summed E-state index contributed by atoms with van der Waals surface area (Å²) in [5.41, 5.74) is 3.95. The highest BCUT2D eigenvalue weighted by atomic mass is 35.5. The van der Waals surface area contributed by atoms with Gasteiger partial charge in [-0.2, -0.15) is 0 Å². The van der Waals surface area contributed by atoms with Gasteiger partial charge in [-0.25, -0.2) is 0 Å². The maximum Gasteiger partial charge on any atom is 0.0952 e. The molecule has 0 saturated carbocycles. The second-order valence-electron chi connectivity index (χ2n) is 4.49. The molecule has 1 aliphatic rings. The lowest BCUT2D eigenvalue weighted by Gasteiger charge is -2.29. The zero-order valence-electron chi connectivity index (χ0n) is 10.1. The molecule has 2 nitrogen and oxygen atoms in total. The van der Waals surface area contributed by atoms with Gasteiger partial charge < -0.3 is 10.1 Å². The molecule has 16 heavy (non-hydrogen) atoms. The van der Waals surface area contributed by atoms with Crippen molar-refractivity contribution in [2.24, 2.45) is 0 Å². The second-order valence-corrected chi connectivity index (χ2v) is 4.49. The summed E-state index contributed by atoms with van der Waals surface area (Å²) >= 11 is 0. The Labute approximate surface area is 104 Å². The van der Waals surface area contributed by atoms with Crippen molar-refractivity contribution in [1.82, 2.24) is 5.32 Å². The molecule has 1 saturated heterocycles. The third kappa shape index (κ3) is 2.97. The van der Waals surface area contributed by atoms with E-state index in [0.29, 0.717) is 6.04 Å². The maximum atomic E-state index is 5.85. The molecule has 0 radical (unpaired) electrons. The minimum Gasteiger partial charge on any atom is -0.371 e. The van der Waals surface area contributed by atoms with Crippen LogP contribution in [0.15, 0.2) is 18.2 Å². The normalized spacial score (nSPS) is 24.9. The number of hydrogen-bond acceptors (Lipinski definition) is 2. The summed E-state index contributed by atoms with van der Waals surface area (Å²) in [4.78, 5) is 0. The van der Waals surface area contributed by atoms with Crippen LogP contribution in [0.4, 0.5) is 0 Å². The van der Waals surface area contributed by atoms with E-state index in [1.165, 1.54) is 16.7 Å². The number of aryl methyl sites for hydroxylation is 2. The first-order valence-corrected chi connectivity index (χ1v) is 5.59. The van der Waals surface area contributed by atoms with Crippen LogP contribution in [0, 0.1) is 13.8 Å². The van der Waals surface area contributed by atoms with Gasteiger partial charge in [0, 0.05) is 12.6 Å². The van der Waals surface area contributed by atoms with E-state index in [2.05, 4.69) is 44.3 Å². The van der Waals surface area contributed by atoms with Gasteiger partial charge in [-0.05, 0) is 31.9 Å². The molecule has 1 fully saturated rings. The van der Waals surface area contributed by atoms with Gasteiger partial charge in [0.25, 0.3) is 0 Å². The fourth-order valence-corrected chi connectivity index (χ4v) is 1.99. The van der Waals surface area contributed by atoms with E-state index in [-0.39, 0.29) is 18.5 Å². The first-order valence-electron chi connectivity index (χ1n) is 5.59. The summed E-state index contributed by atoms with van der Waals surface area (Å²) in [5, 5.41) is 3.45. The summed E-state index contributed by atoms with van der Waals surface area (Å²) < 4.78 is 5.85. The highest BCUT2D eigenvalue weighted by Gasteiger charge is 2.20. The van der Waals surface area contributed by atoms with E-state index in [1.54, 1.807) is 0 Å². The number of benzene rings is 1. The average Bonchev–Trinajstić information content (AvgIpc) is 2.23. The molecule has 1 heterocycles. The first-order chi connectivity index (χ1) is 7.16. The minimum atomic E-state index is 0. The molecule has 3 heteroatoms. The largest absolute Gasteiger partial charge is 0.371 e. The summed E-state index contributed by atoms with van der Waals surface area (Å²) in [6, 6.07) is 7.04. The summed E-state index contributed by atoms with van der Waals surface area (Å²) in [6.07, 6.45) is 0.223. The Balaban J connectivity index is 0.00000128. The van der Waals surface area contributed by atoms with Crippen LogP contribution in [-0.4, -0.2) is 19.2 Å². The number of hydrogen-bond donors (Lipinski definition) is 1. The third-order valence-electron chi connectivity index (χ3n) is 2.98. The Kier molecular flexibility index (Phi) is 4.78. The lowest BCUT2D eigenvalue weighted by atomic mass is 9.99. The molecule has 1 aromatic rings. The van der Waals surface area contributed by atoms with E-state index in [0.717, 1.165) is 13.2 Å².